The van der Waals surface area contributed by atoms with Gasteiger partial charge in [-0.05, 0) is 6.92 Å². The highest BCUT2D eigenvalue weighted by molar-refractivity contribution is 5.69. The van der Waals surface area contributed by atoms with Gasteiger partial charge in [0.05, 0.1) is 40.7 Å². The molecule has 8 heteroatoms. The number of carbonyl (C=O) groups is 1. The summed E-state index contributed by atoms with van der Waals surface area (Å²) < 4.78 is 39.7. The number of rotatable bonds is 5. The molecule has 17 heavy (non-hydrogen) atoms. The summed E-state index contributed by atoms with van der Waals surface area (Å²) in [6.45, 7) is 3.33. The van der Waals surface area contributed by atoms with Crippen molar-refractivity contribution in [2.45, 2.75) is 19.8 Å². The molecule has 0 rings (SSSR count). The van der Waals surface area contributed by atoms with Crippen molar-refractivity contribution in [1.29, 1.82) is 0 Å². The number of hydrogen-bond donors (Lipinski definition) is 0. The molecule has 0 N–H and O–H groups in total. The summed E-state index contributed by atoms with van der Waals surface area (Å²) in [7, 11) is 1.40. The number of carbonyl (C=O) groups excluding carboxylic acids is 1. The van der Waals surface area contributed by atoms with Gasteiger partial charge in [0.15, 0.2) is 0 Å². The third-order valence-electron chi connectivity index (χ3n) is 1.52. The van der Waals surface area contributed by atoms with E-state index >= 15 is 0 Å². The summed E-state index contributed by atoms with van der Waals surface area (Å²) in [5.74, 6) is -0.0778. The molecule has 0 aliphatic heterocycles. The van der Waals surface area contributed by atoms with Gasteiger partial charge in [-0.1, -0.05) is 0 Å². The van der Waals surface area contributed by atoms with E-state index in [2.05, 4.69) is 21.1 Å². The minimum atomic E-state index is -4.94. The van der Waals surface area contributed by atoms with Crippen molar-refractivity contribution in [2.24, 2.45) is 0 Å². The second-order valence-electron chi connectivity index (χ2n) is 4.30. The minimum Gasteiger partial charge on any atom is -0.466 e. The molecule has 0 bridgehead atoms. The van der Waals surface area contributed by atoms with E-state index in [0.717, 1.165) is 17.4 Å². The van der Waals surface area contributed by atoms with Crippen LogP contribution in [-0.2, 0) is 9.53 Å². The van der Waals surface area contributed by atoms with Crippen LogP contribution in [0.5, 0.6) is 0 Å². The lowest BCUT2D eigenvalue weighted by molar-refractivity contribution is -2.00. The first-order valence-corrected chi connectivity index (χ1v) is 6.27. The molecule has 0 radical (unpaired) electrons. The number of halogens is 1. The second-order valence-corrected chi connectivity index (χ2v) is 5.06. The zero-order chi connectivity index (χ0) is 14.1. The standard InChI is InChI=1S/C9H20NO2.ClHO4/c1-5-12-9(11)7-6-8-10(2,3)4;2-1(3,4)5/h5-8H2,1-4H3;(H,2,3,4,5)/q+1;/p-1. The first-order valence-electron chi connectivity index (χ1n) is 5.03. The molecule has 0 unspecified atom stereocenters. The fourth-order valence-electron chi connectivity index (χ4n) is 0.931. The molecule has 0 amide bonds. The van der Waals surface area contributed by atoms with Crippen molar-refractivity contribution in [1.82, 2.24) is 0 Å². The molecule has 0 atom stereocenters. The predicted octanol–water partition coefficient (Wildman–Crippen LogP) is -3.72. The Morgan fingerprint density at radius 3 is 1.88 bits per heavy atom. The molecule has 0 aromatic heterocycles. The second kappa shape index (κ2) is 8.62. The zero-order valence-electron chi connectivity index (χ0n) is 10.6. The van der Waals surface area contributed by atoms with Crippen molar-refractivity contribution in [2.75, 3.05) is 34.3 Å². The van der Waals surface area contributed by atoms with E-state index in [-0.39, 0.29) is 5.97 Å². The summed E-state index contributed by atoms with van der Waals surface area (Å²) in [6, 6.07) is 0. The van der Waals surface area contributed by atoms with Crippen LogP contribution in [0.1, 0.15) is 19.8 Å². The Balaban J connectivity index is 0. The Morgan fingerprint density at radius 1 is 1.18 bits per heavy atom. The maximum atomic E-state index is 10.9. The van der Waals surface area contributed by atoms with Gasteiger partial charge >= 0.3 is 5.97 Å². The first kappa shape index (κ1) is 18.9. The van der Waals surface area contributed by atoms with Gasteiger partial charge in [0, 0.05) is 6.42 Å². The van der Waals surface area contributed by atoms with Crippen LogP contribution < -0.4 is 18.6 Å². The average molecular weight is 274 g/mol. The van der Waals surface area contributed by atoms with Crippen LogP contribution >= 0.6 is 0 Å². The Kier molecular flexibility index (Phi) is 9.59. The van der Waals surface area contributed by atoms with Gasteiger partial charge in [-0.2, -0.15) is 0 Å². The Labute approximate surface area is 104 Å². The number of hydrogen-bond acceptors (Lipinski definition) is 6. The lowest BCUT2D eigenvalue weighted by atomic mass is 10.3. The van der Waals surface area contributed by atoms with Gasteiger partial charge in [-0.3, -0.25) is 4.79 Å². The minimum absolute atomic E-state index is 0.0778. The fourth-order valence-corrected chi connectivity index (χ4v) is 0.931. The molecule has 0 aromatic rings. The highest BCUT2D eigenvalue weighted by atomic mass is 35.7. The smallest absolute Gasteiger partial charge is 0.305 e. The topological polar surface area (TPSA) is 119 Å². The molecule has 0 heterocycles. The Morgan fingerprint density at radius 2 is 1.59 bits per heavy atom. The van der Waals surface area contributed by atoms with E-state index < -0.39 is 10.2 Å². The van der Waals surface area contributed by atoms with Crippen LogP contribution in [0.15, 0.2) is 0 Å². The van der Waals surface area contributed by atoms with Gasteiger partial charge in [-0.15, -0.1) is 10.2 Å². The summed E-state index contributed by atoms with van der Waals surface area (Å²) in [6.07, 6.45) is 1.45. The van der Waals surface area contributed by atoms with Gasteiger partial charge in [0.25, 0.3) is 0 Å². The van der Waals surface area contributed by atoms with Crippen molar-refractivity contribution >= 4 is 5.97 Å². The number of esters is 1. The van der Waals surface area contributed by atoms with Crippen LogP contribution in [0.4, 0.5) is 0 Å². The first-order chi connectivity index (χ1) is 7.45. The molecule has 0 aliphatic carbocycles. The maximum Gasteiger partial charge on any atom is 0.305 e. The van der Waals surface area contributed by atoms with Crippen molar-refractivity contribution in [3.8, 4) is 0 Å². The van der Waals surface area contributed by atoms with Gasteiger partial charge in [0.1, 0.15) is 0 Å². The van der Waals surface area contributed by atoms with E-state index in [1.165, 1.54) is 0 Å². The third-order valence-corrected chi connectivity index (χ3v) is 1.52. The van der Waals surface area contributed by atoms with Crippen molar-refractivity contribution in [3.05, 3.63) is 0 Å². The quantitative estimate of drug-likeness (QED) is 0.375. The summed E-state index contributed by atoms with van der Waals surface area (Å²) in [5.41, 5.74) is 0. The van der Waals surface area contributed by atoms with Crippen molar-refractivity contribution < 1.29 is 42.9 Å². The molecule has 0 saturated heterocycles. The SMILES string of the molecule is CCOC(=O)CCC[N+](C)(C)C.[O-][Cl+3]([O-])([O-])[O-]. The van der Waals surface area contributed by atoms with E-state index in [9.17, 15) is 4.79 Å². The van der Waals surface area contributed by atoms with Crippen LogP contribution in [0, 0.1) is 10.2 Å². The maximum absolute atomic E-state index is 10.9. The van der Waals surface area contributed by atoms with E-state index in [1.807, 2.05) is 6.92 Å². The summed E-state index contributed by atoms with van der Waals surface area (Å²) in [4.78, 5) is 10.9. The monoisotopic (exact) mass is 273 g/mol. The van der Waals surface area contributed by atoms with Gasteiger partial charge < -0.3 is 9.22 Å². The van der Waals surface area contributed by atoms with E-state index in [0.29, 0.717) is 13.0 Å². The predicted molar refractivity (Wildman–Crippen MR) is 48.8 cm³/mol. The third kappa shape index (κ3) is 31.3. The van der Waals surface area contributed by atoms with Gasteiger partial charge in [0.2, 0.25) is 0 Å². The van der Waals surface area contributed by atoms with Crippen LogP contribution in [0.3, 0.4) is 0 Å². The molecule has 0 fully saturated rings. The number of quaternary nitrogens is 1. The zero-order valence-corrected chi connectivity index (χ0v) is 11.4. The number of ether oxygens (including phenoxy) is 1. The highest BCUT2D eigenvalue weighted by Gasteiger charge is 2.08. The summed E-state index contributed by atoms with van der Waals surface area (Å²) in [5, 5.41) is 0. The van der Waals surface area contributed by atoms with Crippen molar-refractivity contribution in [3.63, 3.8) is 0 Å². The van der Waals surface area contributed by atoms with Crippen LogP contribution in [-0.4, -0.2) is 44.7 Å². The summed E-state index contributed by atoms with van der Waals surface area (Å²) >= 11 is 0. The molecule has 104 valence electrons. The highest BCUT2D eigenvalue weighted by Crippen LogP contribution is 1.98. The molecule has 0 aromatic carbocycles. The van der Waals surface area contributed by atoms with Crippen LogP contribution in [0.2, 0.25) is 0 Å². The molecule has 0 saturated carbocycles. The lowest BCUT2D eigenvalue weighted by Crippen LogP contribution is -2.68. The van der Waals surface area contributed by atoms with Crippen LogP contribution in [0.25, 0.3) is 0 Å². The lowest BCUT2D eigenvalue weighted by Gasteiger charge is -2.23. The van der Waals surface area contributed by atoms with Gasteiger partial charge in [-0.25, -0.2) is 18.6 Å². The molecule has 0 spiro atoms. The van der Waals surface area contributed by atoms with E-state index in [4.69, 9.17) is 23.4 Å². The molecule has 7 nitrogen and oxygen atoms in total. The molecular weight excluding hydrogens is 254 g/mol. The normalized spacial score (nSPS) is 11.5. The average Bonchev–Trinajstić information content (AvgIpc) is 1.98. The largest absolute Gasteiger partial charge is 0.466 e. The van der Waals surface area contributed by atoms with E-state index in [1.54, 1.807) is 0 Å². The Hall–Kier alpha value is -0.440. The Bertz CT molecular complexity index is 205. The number of nitrogens with zero attached hydrogens (tertiary/aromatic N) is 1. The molecular formula is C9H20ClNO6. The fraction of sp³-hybridized carbons (Fsp3) is 0.889. The molecule has 0 aliphatic rings.